The van der Waals surface area contributed by atoms with Crippen molar-refractivity contribution in [3.05, 3.63) is 64.1 Å². The number of nitrogens with zero attached hydrogens (tertiary/aromatic N) is 2. The van der Waals surface area contributed by atoms with Crippen LogP contribution in [0.1, 0.15) is 17.2 Å². The van der Waals surface area contributed by atoms with Crippen LogP contribution in [0, 0.1) is 0 Å². The Bertz CT molecular complexity index is 1010. The van der Waals surface area contributed by atoms with Crippen molar-refractivity contribution in [1.82, 2.24) is 14.5 Å². The van der Waals surface area contributed by atoms with Gasteiger partial charge >= 0.3 is 5.69 Å². The molecule has 3 rings (SSSR count). The number of hydrogen-bond donors (Lipinski definition) is 3. The molecule has 3 aromatic rings. The Morgan fingerprint density at radius 2 is 1.77 bits per heavy atom. The highest BCUT2D eigenvalue weighted by Gasteiger charge is 2.13. The van der Waals surface area contributed by atoms with Crippen molar-refractivity contribution in [1.29, 1.82) is 0 Å². The normalized spacial score (nSPS) is 12.4. The largest absolute Gasteiger partial charge is 0.491 e. The van der Waals surface area contributed by atoms with Crippen molar-refractivity contribution in [2.75, 3.05) is 33.0 Å². The molecule has 8 nitrogen and oxygen atoms in total. The summed E-state index contributed by atoms with van der Waals surface area (Å²) in [6.07, 6.45) is -0.801. The molecule has 1 aromatic heterocycles. The van der Waals surface area contributed by atoms with Gasteiger partial charge in [-0.15, -0.1) is 0 Å². The summed E-state index contributed by atoms with van der Waals surface area (Å²) in [5, 5.41) is 22.4. The van der Waals surface area contributed by atoms with Crippen molar-refractivity contribution >= 4 is 11.0 Å². The lowest BCUT2D eigenvalue weighted by molar-refractivity contribution is 0.0938. The highest BCUT2D eigenvalue weighted by molar-refractivity contribution is 5.76. The molecule has 3 N–H and O–H groups in total. The molecule has 1 heterocycles. The van der Waals surface area contributed by atoms with Crippen LogP contribution in [0.4, 0.5) is 0 Å². The Morgan fingerprint density at radius 1 is 1.03 bits per heavy atom. The molecule has 8 heteroatoms. The van der Waals surface area contributed by atoms with E-state index >= 15 is 0 Å². The maximum Gasteiger partial charge on any atom is 0.328 e. The zero-order chi connectivity index (χ0) is 21.5. The average Bonchev–Trinajstić information content (AvgIpc) is 2.99. The van der Waals surface area contributed by atoms with E-state index in [0.717, 1.165) is 16.6 Å². The van der Waals surface area contributed by atoms with Crippen molar-refractivity contribution in [2.45, 2.75) is 12.6 Å². The van der Waals surface area contributed by atoms with E-state index in [1.54, 1.807) is 23.2 Å². The number of ether oxygens (including phenoxy) is 2. The van der Waals surface area contributed by atoms with Crippen molar-refractivity contribution in [3.63, 3.8) is 0 Å². The predicted molar refractivity (Wildman–Crippen MR) is 115 cm³/mol. The molecule has 0 amide bonds. The number of aliphatic hydroxyl groups excluding tert-OH is 2. The van der Waals surface area contributed by atoms with Gasteiger partial charge in [-0.2, -0.15) is 0 Å². The number of benzene rings is 2. The number of aryl methyl sites for hydroxylation is 2. The summed E-state index contributed by atoms with van der Waals surface area (Å²) in [4.78, 5) is 12.1. The summed E-state index contributed by atoms with van der Waals surface area (Å²) in [5.41, 5.74) is 3.31. The van der Waals surface area contributed by atoms with Crippen LogP contribution in [0.5, 0.6) is 5.75 Å². The molecule has 0 aliphatic carbocycles. The lowest BCUT2D eigenvalue weighted by Crippen LogP contribution is -2.20. The Hall–Kier alpha value is -2.65. The molecule has 0 saturated heterocycles. The molecule has 0 radical (unpaired) electrons. The molecule has 0 aliphatic rings. The second-order valence-corrected chi connectivity index (χ2v) is 7.13. The van der Waals surface area contributed by atoms with Crippen LogP contribution in [0.15, 0.2) is 47.3 Å². The monoisotopic (exact) mass is 415 g/mol. The second-order valence-electron chi connectivity index (χ2n) is 7.13. The highest BCUT2D eigenvalue weighted by Crippen LogP contribution is 2.21. The fourth-order valence-corrected chi connectivity index (χ4v) is 3.25. The van der Waals surface area contributed by atoms with Crippen LogP contribution in [0.2, 0.25) is 0 Å². The Labute approximate surface area is 175 Å². The maximum absolute atomic E-state index is 12.1. The molecule has 0 unspecified atom stereocenters. The van der Waals surface area contributed by atoms with Crippen LogP contribution in [-0.2, 0) is 25.4 Å². The van der Waals surface area contributed by atoms with Crippen LogP contribution in [0.25, 0.3) is 11.0 Å². The minimum Gasteiger partial charge on any atom is -0.491 e. The van der Waals surface area contributed by atoms with E-state index < -0.39 is 6.10 Å². The first-order valence-electron chi connectivity index (χ1n) is 9.95. The number of aliphatic hydroxyl groups is 2. The molecule has 0 bridgehead atoms. The maximum atomic E-state index is 12.1. The van der Waals surface area contributed by atoms with Gasteiger partial charge in [0.25, 0.3) is 0 Å². The van der Waals surface area contributed by atoms with Gasteiger partial charge in [-0.1, -0.05) is 18.2 Å². The van der Waals surface area contributed by atoms with Crippen LogP contribution in [0.3, 0.4) is 0 Å². The smallest absolute Gasteiger partial charge is 0.328 e. The van der Waals surface area contributed by atoms with E-state index in [-0.39, 0.29) is 18.9 Å². The number of imidazole rings is 1. The molecule has 0 aliphatic heterocycles. The Morgan fingerprint density at radius 3 is 2.50 bits per heavy atom. The fourth-order valence-electron chi connectivity index (χ4n) is 3.25. The summed E-state index contributed by atoms with van der Waals surface area (Å²) in [5.74, 6) is 0.678. The first kappa shape index (κ1) is 22.0. The van der Waals surface area contributed by atoms with Gasteiger partial charge in [0.2, 0.25) is 0 Å². The van der Waals surface area contributed by atoms with Crippen molar-refractivity contribution < 1.29 is 19.7 Å². The van der Waals surface area contributed by atoms with Crippen LogP contribution >= 0.6 is 0 Å². The quantitative estimate of drug-likeness (QED) is 0.406. The SMILES string of the molecule is Cn1c(=O)n(C)c2cc([C@@H](O)COc3ccc(CNCCOCCO)cc3)ccc21. The lowest BCUT2D eigenvalue weighted by Gasteiger charge is -2.14. The zero-order valence-corrected chi connectivity index (χ0v) is 17.4. The minimum atomic E-state index is -0.801. The second kappa shape index (κ2) is 10.4. The third-order valence-corrected chi connectivity index (χ3v) is 5.00. The van der Waals surface area contributed by atoms with E-state index in [4.69, 9.17) is 14.6 Å². The van der Waals surface area contributed by atoms with E-state index in [9.17, 15) is 9.90 Å². The van der Waals surface area contributed by atoms with Crippen LogP contribution < -0.4 is 15.7 Å². The third kappa shape index (κ3) is 5.28. The molecule has 162 valence electrons. The summed E-state index contributed by atoms with van der Waals surface area (Å²) < 4.78 is 14.1. The Balaban J connectivity index is 1.51. The molecule has 0 fully saturated rings. The Kier molecular flexibility index (Phi) is 7.64. The van der Waals surface area contributed by atoms with Gasteiger partial charge in [0.15, 0.2) is 0 Å². The van der Waals surface area contributed by atoms with Gasteiger partial charge in [-0.05, 0) is 35.4 Å². The average molecular weight is 415 g/mol. The van der Waals surface area contributed by atoms with Gasteiger partial charge in [-0.25, -0.2) is 4.79 Å². The zero-order valence-electron chi connectivity index (χ0n) is 17.4. The summed E-state index contributed by atoms with van der Waals surface area (Å²) in [7, 11) is 3.45. The number of fused-ring (bicyclic) bond motifs is 1. The van der Waals surface area contributed by atoms with Gasteiger partial charge in [-0.3, -0.25) is 9.13 Å². The molecule has 2 aromatic carbocycles. The van der Waals surface area contributed by atoms with Gasteiger partial charge in [0, 0.05) is 27.2 Å². The molecular formula is C22H29N3O5. The third-order valence-electron chi connectivity index (χ3n) is 5.00. The van der Waals surface area contributed by atoms with E-state index in [0.29, 0.717) is 37.6 Å². The minimum absolute atomic E-state index is 0.0384. The van der Waals surface area contributed by atoms with Crippen LogP contribution in [-0.4, -0.2) is 52.3 Å². The first-order valence-corrected chi connectivity index (χ1v) is 9.95. The fraction of sp³-hybridized carbons (Fsp3) is 0.409. The number of hydrogen-bond acceptors (Lipinski definition) is 6. The highest BCUT2D eigenvalue weighted by atomic mass is 16.5. The number of nitrogens with one attached hydrogen (secondary N) is 1. The summed E-state index contributed by atoms with van der Waals surface area (Å²) in [6.45, 7) is 2.49. The molecule has 0 saturated carbocycles. The summed E-state index contributed by atoms with van der Waals surface area (Å²) in [6, 6.07) is 13.2. The molecule has 1 atom stereocenters. The molecule has 30 heavy (non-hydrogen) atoms. The standard InChI is InChI=1S/C22H29N3O5/c1-24-19-8-5-17(13-20(19)25(2)22(24)28)21(27)15-30-18-6-3-16(4-7-18)14-23-9-11-29-12-10-26/h3-8,13,21,23,26-27H,9-12,14-15H2,1-2H3/t21-/m0/s1. The predicted octanol–water partition coefficient (Wildman–Crippen LogP) is 1.09. The van der Waals surface area contributed by atoms with Gasteiger partial charge in [0.1, 0.15) is 18.5 Å². The van der Waals surface area contributed by atoms with Crippen molar-refractivity contribution in [2.24, 2.45) is 14.1 Å². The topological polar surface area (TPSA) is 97.9 Å². The van der Waals surface area contributed by atoms with Crippen molar-refractivity contribution in [3.8, 4) is 5.75 Å². The lowest BCUT2D eigenvalue weighted by atomic mass is 10.1. The van der Waals surface area contributed by atoms with E-state index in [2.05, 4.69) is 5.32 Å². The van der Waals surface area contributed by atoms with Gasteiger partial charge < -0.3 is 25.0 Å². The molecular weight excluding hydrogens is 386 g/mol. The number of aromatic nitrogens is 2. The van der Waals surface area contributed by atoms with E-state index in [1.165, 1.54) is 0 Å². The molecule has 0 spiro atoms. The van der Waals surface area contributed by atoms with Gasteiger partial charge in [0.05, 0.1) is 30.9 Å². The first-order chi connectivity index (χ1) is 14.5. The summed E-state index contributed by atoms with van der Waals surface area (Å²) >= 11 is 0. The number of rotatable bonds is 11. The van der Waals surface area contributed by atoms with E-state index in [1.807, 2.05) is 42.5 Å².